The Morgan fingerprint density at radius 1 is 0.794 bits per heavy atom. The summed E-state index contributed by atoms with van der Waals surface area (Å²) in [6.07, 6.45) is 0.244. The van der Waals surface area contributed by atoms with Gasteiger partial charge < -0.3 is 10.0 Å². The van der Waals surface area contributed by atoms with Gasteiger partial charge >= 0.3 is 0 Å². The van der Waals surface area contributed by atoms with Crippen LogP contribution >= 0.6 is 11.6 Å². The Hall–Kier alpha value is -3.56. The third kappa shape index (κ3) is 5.67. The summed E-state index contributed by atoms with van der Waals surface area (Å²) in [6, 6.07) is 29.7. The van der Waals surface area contributed by atoms with Crippen LogP contribution in [0.4, 0.5) is 0 Å². The van der Waals surface area contributed by atoms with Gasteiger partial charge in [-0.1, -0.05) is 90.5 Å². The van der Waals surface area contributed by atoms with E-state index in [2.05, 4.69) is 0 Å². The maximum absolute atomic E-state index is 13.7. The van der Waals surface area contributed by atoms with Gasteiger partial charge in [0.1, 0.15) is 5.75 Å². The Morgan fingerprint density at radius 3 is 2.03 bits per heavy atom. The number of amides is 1. The summed E-state index contributed by atoms with van der Waals surface area (Å²) in [5.41, 5.74) is 6.64. The molecule has 1 N–H and O–H groups in total. The highest BCUT2D eigenvalue weighted by Crippen LogP contribution is 2.28. The fraction of sp³-hybridized carbons (Fsp3) is 0.167. The smallest absolute Gasteiger partial charge is 0.227 e. The summed E-state index contributed by atoms with van der Waals surface area (Å²) in [5, 5.41) is 10.8. The molecule has 0 heterocycles. The predicted octanol–water partition coefficient (Wildman–Crippen LogP) is 7.10. The minimum atomic E-state index is 0.0201. The topological polar surface area (TPSA) is 40.5 Å². The number of carbonyl (C=O) groups excluding carboxylic acids is 1. The van der Waals surface area contributed by atoms with Gasteiger partial charge in [0.05, 0.1) is 6.42 Å². The zero-order chi connectivity index (χ0) is 24.1. The molecule has 0 radical (unpaired) electrons. The summed E-state index contributed by atoms with van der Waals surface area (Å²) in [5.74, 6) is 0.322. The molecule has 1 amide bonds. The fourth-order valence-electron chi connectivity index (χ4n) is 4.28. The number of halogens is 1. The first-order chi connectivity index (χ1) is 16.4. The molecule has 4 aromatic carbocycles. The number of nitrogens with zero attached hydrogens (tertiary/aromatic N) is 1. The third-order valence-corrected chi connectivity index (χ3v) is 6.22. The standard InChI is InChI=1S/C30H28ClNO2/c1-21-15-24(16-22(2)30(21)34)20-32(19-23-9-5-3-6-10-23)29(33)18-26-17-27(31)13-14-28(26)25-11-7-4-8-12-25/h3-17,34H,18-20H2,1-2H3. The molecule has 0 fully saturated rings. The van der Waals surface area contributed by atoms with Crippen molar-refractivity contribution in [2.24, 2.45) is 0 Å². The van der Waals surface area contributed by atoms with Crippen molar-refractivity contribution in [1.29, 1.82) is 0 Å². The van der Waals surface area contributed by atoms with E-state index in [-0.39, 0.29) is 12.3 Å². The molecule has 0 bridgehead atoms. The normalized spacial score (nSPS) is 10.8. The molecular weight excluding hydrogens is 442 g/mol. The van der Waals surface area contributed by atoms with E-state index in [4.69, 9.17) is 11.6 Å². The Morgan fingerprint density at radius 2 is 1.38 bits per heavy atom. The molecule has 0 saturated heterocycles. The van der Waals surface area contributed by atoms with Gasteiger partial charge in [-0.25, -0.2) is 0 Å². The first-order valence-electron chi connectivity index (χ1n) is 11.4. The number of benzene rings is 4. The Labute approximate surface area is 206 Å². The first-order valence-corrected chi connectivity index (χ1v) is 11.7. The van der Waals surface area contributed by atoms with Gasteiger partial charge in [-0.2, -0.15) is 0 Å². The van der Waals surface area contributed by atoms with Crippen LogP contribution in [0.15, 0.2) is 91.0 Å². The van der Waals surface area contributed by atoms with Crippen molar-refractivity contribution in [1.82, 2.24) is 4.90 Å². The number of hydrogen-bond donors (Lipinski definition) is 1. The molecule has 4 rings (SSSR count). The molecule has 0 unspecified atom stereocenters. The fourth-order valence-corrected chi connectivity index (χ4v) is 4.47. The van der Waals surface area contributed by atoms with E-state index < -0.39 is 0 Å². The molecule has 0 aliphatic heterocycles. The second kappa shape index (κ2) is 10.6. The highest BCUT2D eigenvalue weighted by Gasteiger charge is 2.19. The summed E-state index contributed by atoms with van der Waals surface area (Å²) < 4.78 is 0. The van der Waals surface area contributed by atoms with Crippen LogP contribution < -0.4 is 0 Å². The number of rotatable bonds is 7. The monoisotopic (exact) mass is 469 g/mol. The Kier molecular flexibility index (Phi) is 7.34. The molecule has 0 aliphatic carbocycles. The van der Waals surface area contributed by atoms with Crippen LogP contribution in [0.3, 0.4) is 0 Å². The highest BCUT2D eigenvalue weighted by atomic mass is 35.5. The average Bonchev–Trinajstić information content (AvgIpc) is 2.83. The van der Waals surface area contributed by atoms with Gasteiger partial charge in [-0.3, -0.25) is 4.79 Å². The molecule has 3 nitrogen and oxygen atoms in total. The van der Waals surface area contributed by atoms with Crippen molar-refractivity contribution in [2.45, 2.75) is 33.4 Å². The quantitative estimate of drug-likeness (QED) is 0.313. The van der Waals surface area contributed by atoms with Gasteiger partial charge in [0.2, 0.25) is 5.91 Å². The Bertz CT molecular complexity index is 1260. The van der Waals surface area contributed by atoms with E-state index in [0.717, 1.165) is 38.9 Å². The van der Waals surface area contributed by atoms with E-state index in [0.29, 0.717) is 23.9 Å². The van der Waals surface area contributed by atoms with E-state index in [1.165, 1.54) is 0 Å². The van der Waals surface area contributed by atoms with E-state index in [1.807, 2.05) is 110 Å². The first kappa shape index (κ1) is 23.6. The van der Waals surface area contributed by atoms with E-state index in [1.54, 1.807) is 0 Å². The lowest BCUT2D eigenvalue weighted by Gasteiger charge is -2.24. The number of aryl methyl sites for hydroxylation is 2. The van der Waals surface area contributed by atoms with Gasteiger partial charge in [0.15, 0.2) is 0 Å². The second-order valence-electron chi connectivity index (χ2n) is 8.66. The van der Waals surface area contributed by atoms with Crippen molar-refractivity contribution >= 4 is 17.5 Å². The minimum Gasteiger partial charge on any atom is -0.507 e. The summed E-state index contributed by atoms with van der Waals surface area (Å²) >= 11 is 6.33. The number of carbonyl (C=O) groups is 1. The zero-order valence-electron chi connectivity index (χ0n) is 19.5. The van der Waals surface area contributed by atoms with Crippen LogP contribution in [-0.4, -0.2) is 15.9 Å². The number of phenols is 1. The predicted molar refractivity (Wildman–Crippen MR) is 139 cm³/mol. The van der Waals surface area contributed by atoms with Crippen molar-refractivity contribution in [2.75, 3.05) is 0 Å². The van der Waals surface area contributed by atoms with Crippen molar-refractivity contribution < 1.29 is 9.90 Å². The molecule has 4 aromatic rings. The molecule has 0 saturated carbocycles. The lowest BCUT2D eigenvalue weighted by Crippen LogP contribution is -2.31. The van der Waals surface area contributed by atoms with Crippen LogP contribution in [0.2, 0.25) is 5.02 Å². The number of hydrogen-bond acceptors (Lipinski definition) is 2. The SMILES string of the molecule is Cc1cc(CN(Cc2ccccc2)C(=O)Cc2cc(Cl)ccc2-c2ccccc2)cc(C)c1O. The minimum absolute atomic E-state index is 0.0201. The van der Waals surface area contributed by atoms with Gasteiger partial charge in [0.25, 0.3) is 0 Å². The van der Waals surface area contributed by atoms with Crippen LogP contribution in [0.5, 0.6) is 5.75 Å². The molecule has 4 heteroatoms. The number of aromatic hydroxyl groups is 1. The van der Waals surface area contributed by atoms with Crippen molar-refractivity contribution in [3.8, 4) is 16.9 Å². The van der Waals surface area contributed by atoms with Crippen molar-refractivity contribution in [3.63, 3.8) is 0 Å². The molecular formula is C30H28ClNO2. The molecule has 34 heavy (non-hydrogen) atoms. The average molecular weight is 470 g/mol. The maximum Gasteiger partial charge on any atom is 0.227 e. The highest BCUT2D eigenvalue weighted by molar-refractivity contribution is 6.30. The largest absolute Gasteiger partial charge is 0.507 e. The molecule has 0 spiro atoms. The Balaban J connectivity index is 1.66. The molecule has 0 aromatic heterocycles. The lowest BCUT2D eigenvalue weighted by atomic mass is 9.97. The summed E-state index contributed by atoms with van der Waals surface area (Å²) in [6.45, 7) is 4.72. The van der Waals surface area contributed by atoms with Crippen LogP contribution in [0.1, 0.15) is 27.8 Å². The summed E-state index contributed by atoms with van der Waals surface area (Å²) in [4.78, 5) is 15.6. The van der Waals surface area contributed by atoms with Crippen molar-refractivity contribution in [3.05, 3.63) is 124 Å². The van der Waals surface area contributed by atoms with E-state index >= 15 is 0 Å². The van der Waals surface area contributed by atoms with Crippen LogP contribution in [-0.2, 0) is 24.3 Å². The van der Waals surface area contributed by atoms with Crippen LogP contribution in [0.25, 0.3) is 11.1 Å². The van der Waals surface area contributed by atoms with Crippen LogP contribution in [0, 0.1) is 13.8 Å². The van der Waals surface area contributed by atoms with E-state index in [9.17, 15) is 9.90 Å². The molecule has 172 valence electrons. The lowest BCUT2D eigenvalue weighted by molar-refractivity contribution is -0.131. The van der Waals surface area contributed by atoms with Gasteiger partial charge in [0, 0.05) is 18.1 Å². The maximum atomic E-state index is 13.7. The molecule has 0 atom stereocenters. The van der Waals surface area contributed by atoms with Gasteiger partial charge in [-0.05, 0) is 64.9 Å². The second-order valence-corrected chi connectivity index (χ2v) is 9.09. The molecule has 0 aliphatic rings. The summed E-state index contributed by atoms with van der Waals surface area (Å²) in [7, 11) is 0. The van der Waals surface area contributed by atoms with Gasteiger partial charge in [-0.15, -0.1) is 0 Å². The zero-order valence-corrected chi connectivity index (χ0v) is 20.2. The third-order valence-electron chi connectivity index (χ3n) is 5.99. The number of phenolic OH excluding ortho intramolecular Hbond substituents is 1.